The molecule has 2 rings (SSSR count). The van der Waals surface area contributed by atoms with Crippen LogP contribution in [-0.2, 0) is 6.42 Å². The average molecular weight is 254 g/mol. The molecule has 0 unspecified atom stereocenters. The minimum atomic E-state index is 0.716. The lowest BCUT2D eigenvalue weighted by Gasteiger charge is -2.09. The highest BCUT2D eigenvalue weighted by molar-refractivity contribution is 6.32. The van der Waals surface area contributed by atoms with Crippen molar-refractivity contribution in [2.45, 2.75) is 32.1 Å². The number of aryl methyl sites for hydroxylation is 1. The van der Waals surface area contributed by atoms with Crippen LogP contribution in [0.2, 0.25) is 5.02 Å². The number of rotatable bonds is 7. The second-order valence-corrected chi connectivity index (χ2v) is 5.17. The summed E-state index contributed by atoms with van der Waals surface area (Å²) in [6, 6.07) is 6.08. The summed E-state index contributed by atoms with van der Waals surface area (Å²) in [5, 5.41) is 0.716. The number of halogens is 1. The molecule has 1 aromatic carbocycles. The third-order valence-corrected chi connectivity index (χ3v) is 3.40. The van der Waals surface area contributed by atoms with E-state index in [1.54, 1.807) is 0 Å². The Hall–Kier alpha value is -0.730. The Kier molecular flexibility index (Phi) is 4.69. The molecule has 0 heterocycles. The summed E-state index contributed by atoms with van der Waals surface area (Å²) in [5.41, 5.74) is 6.77. The lowest BCUT2D eigenvalue weighted by Crippen LogP contribution is -2.01. The van der Waals surface area contributed by atoms with Gasteiger partial charge in [0.05, 0.1) is 11.6 Å². The normalized spacial score (nSPS) is 14.9. The summed E-state index contributed by atoms with van der Waals surface area (Å²) in [6.45, 7) is 1.57. The molecule has 1 aromatic rings. The van der Waals surface area contributed by atoms with E-state index in [2.05, 4.69) is 12.1 Å². The Morgan fingerprint density at radius 2 is 2.12 bits per heavy atom. The molecule has 1 saturated carbocycles. The van der Waals surface area contributed by atoms with E-state index in [1.807, 2.05) is 6.07 Å². The summed E-state index contributed by atoms with van der Waals surface area (Å²) in [6.07, 6.45) is 5.84. The highest BCUT2D eigenvalue weighted by Gasteiger charge is 2.22. The van der Waals surface area contributed by atoms with Gasteiger partial charge in [0.25, 0.3) is 0 Å². The summed E-state index contributed by atoms with van der Waals surface area (Å²) in [7, 11) is 0. The maximum Gasteiger partial charge on any atom is 0.138 e. The molecule has 94 valence electrons. The molecule has 1 aliphatic rings. The first-order valence-corrected chi connectivity index (χ1v) is 6.78. The zero-order chi connectivity index (χ0) is 12.1. The lowest BCUT2D eigenvalue weighted by atomic mass is 10.1. The Morgan fingerprint density at radius 3 is 2.82 bits per heavy atom. The molecule has 1 aliphatic carbocycles. The first-order valence-electron chi connectivity index (χ1n) is 6.41. The maximum absolute atomic E-state index is 6.12. The van der Waals surface area contributed by atoms with Crippen molar-refractivity contribution in [1.29, 1.82) is 0 Å². The summed E-state index contributed by atoms with van der Waals surface area (Å²) in [4.78, 5) is 0. The standard InChI is InChI=1S/C14H20ClNO/c15-13-7-6-11(3-1-2-8-16)9-14(13)17-10-12-4-5-12/h6-7,9,12H,1-5,8,10,16H2. The molecule has 0 atom stereocenters. The van der Waals surface area contributed by atoms with E-state index < -0.39 is 0 Å². The van der Waals surface area contributed by atoms with Gasteiger partial charge in [0, 0.05) is 0 Å². The van der Waals surface area contributed by atoms with Gasteiger partial charge in [-0.3, -0.25) is 0 Å². The van der Waals surface area contributed by atoms with Gasteiger partial charge in [0.2, 0.25) is 0 Å². The zero-order valence-corrected chi connectivity index (χ0v) is 10.9. The Labute approximate surface area is 108 Å². The lowest BCUT2D eigenvalue weighted by molar-refractivity contribution is 0.299. The Bertz CT molecular complexity index is 363. The van der Waals surface area contributed by atoms with Crippen LogP contribution in [0.3, 0.4) is 0 Å². The van der Waals surface area contributed by atoms with Crippen LogP contribution < -0.4 is 10.5 Å². The smallest absolute Gasteiger partial charge is 0.138 e. The van der Waals surface area contributed by atoms with E-state index in [-0.39, 0.29) is 0 Å². The molecule has 2 nitrogen and oxygen atoms in total. The predicted molar refractivity (Wildman–Crippen MR) is 71.7 cm³/mol. The van der Waals surface area contributed by atoms with Gasteiger partial charge >= 0.3 is 0 Å². The number of nitrogens with two attached hydrogens (primary N) is 1. The highest BCUT2D eigenvalue weighted by Crippen LogP contribution is 2.32. The van der Waals surface area contributed by atoms with E-state index in [1.165, 1.54) is 18.4 Å². The van der Waals surface area contributed by atoms with Crippen molar-refractivity contribution in [3.63, 3.8) is 0 Å². The average Bonchev–Trinajstić information content (AvgIpc) is 3.14. The number of ether oxygens (including phenoxy) is 1. The van der Waals surface area contributed by atoms with E-state index in [9.17, 15) is 0 Å². The largest absolute Gasteiger partial charge is 0.492 e. The van der Waals surface area contributed by atoms with Gasteiger partial charge in [-0.05, 0) is 62.3 Å². The first kappa shape index (κ1) is 12.7. The van der Waals surface area contributed by atoms with Crippen LogP contribution in [0.15, 0.2) is 18.2 Å². The quantitative estimate of drug-likeness (QED) is 0.756. The predicted octanol–water partition coefficient (Wildman–Crippen LogP) is 3.41. The fourth-order valence-electron chi connectivity index (χ4n) is 1.78. The van der Waals surface area contributed by atoms with Gasteiger partial charge in [-0.1, -0.05) is 17.7 Å². The van der Waals surface area contributed by atoms with Gasteiger partial charge in [0.15, 0.2) is 0 Å². The van der Waals surface area contributed by atoms with Crippen molar-refractivity contribution in [2.75, 3.05) is 13.2 Å². The molecule has 2 N–H and O–H groups in total. The van der Waals surface area contributed by atoms with Crippen LogP contribution in [0.25, 0.3) is 0 Å². The van der Waals surface area contributed by atoms with Crippen LogP contribution in [0.5, 0.6) is 5.75 Å². The van der Waals surface area contributed by atoms with Gasteiger partial charge in [-0.15, -0.1) is 0 Å². The summed E-state index contributed by atoms with van der Waals surface area (Å²) >= 11 is 6.12. The van der Waals surface area contributed by atoms with E-state index in [4.69, 9.17) is 22.1 Å². The van der Waals surface area contributed by atoms with E-state index in [0.29, 0.717) is 5.02 Å². The summed E-state index contributed by atoms with van der Waals surface area (Å²) < 4.78 is 5.75. The van der Waals surface area contributed by atoms with Crippen LogP contribution in [0.4, 0.5) is 0 Å². The number of hydrogen-bond acceptors (Lipinski definition) is 2. The Morgan fingerprint density at radius 1 is 1.29 bits per heavy atom. The Balaban J connectivity index is 1.90. The number of hydrogen-bond donors (Lipinski definition) is 1. The molecule has 0 aromatic heterocycles. The maximum atomic E-state index is 6.12. The number of unbranched alkanes of at least 4 members (excludes halogenated alkanes) is 1. The molecular weight excluding hydrogens is 234 g/mol. The molecule has 0 spiro atoms. The second-order valence-electron chi connectivity index (χ2n) is 4.76. The monoisotopic (exact) mass is 253 g/mol. The van der Waals surface area contributed by atoms with Crippen molar-refractivity contribution in [2.24, 2.45) is 11.7 Å². The fourth-order valence-corrected chi connectivity index (χ4v) is 1.95. The summed E-state index contributed by atoms with van der Waals surface area (Å²) in [5.74, 6) is 1.59. The molecular formula is C14H20ClNO. The van der Waals surface area contributed by atoms with Crippen molar-refractivity contribution >= 4 is 11.6 Å². The van der Waals surface area contributed by atoms with Crippen molar-refractivity contribution in [3.05, 3.63) is 28.8 Å². The molecule has 0 bridgehead atoms. The van der Waals surface area contributed by atoms with Gasteiger partial charge in [-0.2, -0.15) is 0 Å². The molecule has 0 saturated heterocycles. The molecule has 0 amide bonds. The molecule has 0 radical (unpaired) electrons. The topological polar surface area (TPSA) is 35.2 Å². The van der Waals surface area contributed by atoms with Crippen LogP contribution in [-0.4, -0.2) is 13.2 Å². The van der Waals surface area contributed by atoms with Crippen LogP contribution in [0, 0.1) is 5.92 Å². The SMILES string of the molecule is NCCCCc1ccc(Cl)c(OCC2CC2)c1. The van der Waals surface area contributed by atoms with Crippen molar-refractivity contribution < 1.29 is 4.74 Å². The third-order valence-electron chi connectivity index (χ3n) is 3.09. The van der Waals surface area contributed by atoms with Crippen molar-refractivity contribution in [1.82, 2.24) is 0 Å². The molecule has 0 aliphatic heterocycles. The van der Waals surface area contributed by atoms with Gasteiger partial charge in [-0.25, -0.2) is 0 Å². The number of benzene rings is 1. The third kappa shape index (κ3) is 4.21. The van der Waals surface area contributed by atoms with Gasteiger partial charge in [0.1, 0.15) is 5.75 Å². The zero-order valence-electron chi connectivity index (χ0n) is 10.1. The first-order chi connectivity index (χ1) is 8.29. The molecule has 3 heteroatoms. The van der Waals surface area contributed by atoms with E-state index >= 15 is 0 Å². The van der Waals surface area contributed by atoms with Crippen molar-refractivity contribution in [3.8, 4) is 5.75 Å². The second kappa shape index (κ2) is 6.27. The fraction of sp³-hybridized carbons (Fsp3) is 0.571. The molecule has 1 fully saturated rings. The van der Waals surface area contributed by atoms with Crippen LogP contribution >= 0.6 is 11.6 Å². The van der Waals surface area contributed by atoms with Crippen LogP contribution in [0.1, 0.15) is 31.2 Å². The van der Waals surface area contributed by atoms with Gasteiger partial charge < -0.3 is 10.5 Å². The minimum absolute atomic E-state index is 0.716. The highest BCUT2D eigenvalue weighted by atomic mass is 35.5. The van der Waals surface area contributed by atoms with E-state index in [0.717, 1.165) is 44.1 Å². The molecule has 17 heavy (non-hydrogen) atoms. The minimum Gasteiger partial charge on any atom is -0.492 e.